The van der Waals surface area contributed by atoms with E-state index in [1.165, 1.54) is 6.26 Å². The van der Waals surface area contributed by atoms with Crippen LogP contribution in [-0.2, 0) is 11.2 Å². The van der Waals surface area contributed by atoms with Gasteiger partial charge in [-0.25, -0.2) is 0 Å². The number of hydrogen-bond donors (Lipinski definition) is 1. The van der Waals surface area contributed by atoms with Gasteiger partial charge in [0.1, 0.15) is 12.2 Å². The zero-order chi connectivity index (χ0) is 14.2. The van der Waals surface area contributed by atoms with Crippen LogP contribution in [-0.4, -0.2) is 34.0 Å². The van der Waals surface area contributed by atoms with E-state index in [0.29, 0.717) is 17.7 Å². The van der Waals surface area contributed by atoms with Crippen molar-refractivity contribution in [2.75, 3.05) is 6.54 Å². The average molecular weight is 265 g/mol. The van der Waals surface area contributed by atoms with E-state index in [2.05, 4.69) is 0 Å². The van der Waals surface area contributed by atoms with E-state index in [9.17, 15) is 9.59 Å². The minimum absolute atomic E-state index is 0.120. The molecule has 1 aliphatic heterocycles. The minimum atomic E-state index is -0.996. The van der Waals surface area contributed by atoms with Crippen LogP contribution in [0.4, 0.5) is 0 Å². The molecule has 1 aromatic rings. The Hall–Kier alpha value is -1.78. The molecule has 1 N–H and O–H groups in total. The van der Waals surface area contributed by atoms with Gasteiger partial charge in [0.05, 0.1) is 11.8 Å². The first-order valence-corrected chi connectivity index (χ1v) is 6.43. The number of carboxylic acid groups (broad SMARTS) is 1. The van der Waals surface area contributed by atoms with E-state index in [1.54, 1.807) is 6.92 Å². The molecular formula is C14H19NO4. The molecule has 0 saturated carbocycles. The fraction of sp³-hybridized carbons (Fsp3) is 0.571. The third kappa shape index (κ3) is 2.50. The first kappa shape index (κ1) is 13.6. The van der Waals surface area contributed by atoms with Crippen LogP contribution in [0.25, 0.3) is 0 Å². The lowest BCUT2D eigenvalue weighted by Gasteiger charge is -2.31. The molecule has 5 nitrogen and oxygen atoms in total. The van der Waals surface area contributed by atoms with Crippen molar-refractivity contribution in [3.05, 3.63) is 23.2 Å². The predicted octanol–water partition coefficient (Wildman–Crippen LogP) is 2.23. The van der Waals surface area contributed by atoms with Crippen molar-refractivity contribution >= 4 is 11.9 Å². The van der Waals surface area contributed by atoms with E-state index in [4.69, 9.17) is 9.52 Å². The highest BCUT2D eigenvalue weighted by Gasteiger charge is 2.37. The molecule has 1 aromatic heterocycles. The van der Waals surface area contributed by atoms with Gasteiger partial charge >= 0.3 is 5.97 Å². The van der Waals surface area contributed by atoms with Gasteiger partial charge in [-0.1, -0.05) is 0 Å². The standard InChI is InChI=1S/C14H19NO4/c1-9-8-19-10(7-11(16)17)12(9)13(18)15-6-4-5-14(15,2)3/h8H,4-7H2,1-3H3,(H,16,17). The Morgan fingerprint density at radius 2 is 2.16 bits per heavy atom. The molecule has 1 saturated heterocycles. The number of hydrogen-bond acceptors (Lipinski definition) is 3. The molecule has 104 valence electrons. The molecule has 2 rings (SSSR count). The molecule has 1 aliphatic rings. The van der Waals surface area contributed by atoms with Crippen LogP contribution in [0.1, 0.15) is 48.4 Å². The summed E-state index contributed by atoms with van der Waals surface area (Å²) in [4.78, 5) is 25.3. The van der Waals surface area contributed by atoms with Crippen LogP contribution in [0.3, 0.4) is 0 Å². The maximum atomic E-state index is 12.6. The summed E-state index contributed by atoms with van der Waals surface area (Å²) < 4.78 is 5.23. The van der Waals surface area contributed by atoms with Crippen molar-refractivity contribution in [1.82, 2.24) is 4.90 Å². The first-order valence-electron chi connectivity index (χ1n) is 6.43. The second kappa shape index (κ2) is 4.72. The van der Waals surface area contributed by atoms with Crippen LogP contribution < -0.4 is 0 Å². The number of carboxylic acids is 1. The molecule has 0 aliphatic carbocycles. The van der Waals surface area contributed by atoms with Crippen molar-refractivity contribution in [2.45, 2.75) is 45.6 Å². The maximum Gasteiger partial charge on any atom is 0.311 e. The van der Waals surface area contributed by atoms with Crippen molar-refractivity contribution in [3.63, 3.8) is 0 Å². The molecule has 0 bridgehead atoms. The molecule has 0 spiro atoms. The number of aryl methyl sites for hydroxylation is 1. The normalized spacial score (nSPS) is 17.7. The molecule has 2 heterocycles. The van der Waals surface area contributed by atoms with Crippen molar-refractivity contribution in [2.24, 2.45) is 0 Å². The van der Waals surface area contributed by atoms with Gasteiger partial charge in [-0.2, -0.15) is 0 Å². The Labute approximate surface area is 112 Å². The Morgan fingerprint density at radius 3 is 2.68 bits per heavy atom. The van der Waals surface area contributed by atoms with Gasteiger partial charge in [0.2, 0.25) is 0 Å². The monoisotopic (exact) mass is 265 g/mol. The molecule has 19 heavy (non-hydrogen) atoms. The lowest BCUT2D eigenvalue weighted by Crippen LogP contribution is -2.43. The summed E-state index contributed by atoms with van der Waals surface area (Å²) in [5.74, 6) is -0.869. The van der Waals surface area contributed by atoms with Crippen molar-refractivity contribution < 1.29 is 19.1 Å². The quantitative estimate of drug-likeness (QED) is 0.909. The highest BCUT2D eigenvalue weighted by atomic mass is 16.4. The summed E-state index contributed by atoms with van der Waals surface area (Å²) in [5, 5.41) is 8.87. The predicted molar refractivity (Wildman–Crippen MR) is 69.1 cm³/mol. The first-order chi connectivity index (χ1) is 8.83. The zero-order valence-electron chi connectivity index (χ0n) is 11.5. The van der Waals surface area contributed by atoms with E-state index in [1.807, 2.05) is 18.7 Å². The van der Waals surface area contributed by atoms with Gasteiger partial charge in [-0.3, -0.25) is 9.59 Å². The summed E-state index contributed by atoms with van der Waals surface area (Å²) in [5.41, 5.74) is 0.933. The van der Waals surface area contributed by atoms with E-state index >= 15 is 0 Å². The number of nitrogens with zero attached hydrogens (tertiary/aromatic N) is 1. The van der Waals surface area contributed by atoms with Crippen molar-refractivity contribution in [3.8, 4) is 0 Å². The summed E-state index contributed by atoms with van der Waals surface area (Å²) >= 11 is 0. The number of carbonyl (C=O) groups is 2. The fourth-order valence-corrected chi connectivity index (χ4v) is 2.67. The highest BCUT2D eigenvalue weighted by Crippen LogP contribution is 2.31. The van der Waals surface area contributed by atoms with Gasteiger partial charge in [0.25, 0.3) is 5.91 Å². The van der Waals surface area contributed by atoms with Gasteiger partial charge in [0.15, 0.2) is 0 Å². The van der Waals surface area contributed by atoms with Crippen LogP contribution in [0.2, 0.25) is 0 Å². The Balaban J connectivity index is 2.33. The summed E-state index contributed by atoms with van der Waals surface area (Å²) in [6, 6.07) is 0. The number of carbonyl (C=O) groups excluding carboxylic acids is 1. The number of amides is 1. The van der Waals surface area contributed by atoms with Crippen LogP contribution in [0.5, 0.6) is 0 Å². The smallest absolute Gasteiger partial charge is 0.311 e. The molecular weight excluding hydrogens is 246 g/mol. The Kier molecular flexibility index (Phi) is 3.39. The molecule has 1 amide bonds. The largest absolute Gasteiger partial charge is 0.481 e. The Morgan fingerprint density at radius 1 is 1.47 bits per heavy atom. The zero-order valence-corrected chi connectivity index (χ0v) is 11.5. The second-order valence-electron chi connectivity index (χ2n) is 5.66. The number of likely N-dealkylation sites (tertiary alicyclic amines) is 1. The molecule has 0 atom stereocenters. The Bertz CT molecular complexity index is 516. The lowest BCUT2D eigenvalue weighted by molar-refractivity contribution is -0.136. The second-order valence-corrected chi connectivity index (χ2v) is 5.66. The maximum absolute atomic E-state index is 12.6. The average Bonchev–Trinajstić information content (AvgIpc) is 2.80. The summed E-state index contributed by atoms with van der Waals surface area (Å²) in [6.07, 6.45) is 3.13. The van der Waals surface area contributed by atoms with Crippen LogP contribution in [0.15, 0.2) is 10.7 Å². The topological polar surface area (TPSA) is 70.7 Å². The van der Waals surface area contributed by atoms with Gasteiger partial charge in [-0.05, 0) is 33.6 Å². The third-order valence-electron chi connectivity index (χ3n) is 3.72. The highest BCUT2D eigenvalue weighted by molar-refractivity contribution is 5.98. The lowest BCUT2D eigenvalue weighted by atomic mass is 10.0. The molecule has 5 heteroatoms. The van der Waals surface area contributed by atoms with Gasteiger partial charge in [-0.15, -0.1) is 0 Å². The number of aliphatic carboxylic acids is 1. The molecule has 0 aromatic carbocycles. The number of furan rings is 1. The van der Waals surface area contributed by atoms with Gasteiger partial charge in [0, 0.05) is 17.6 Å². The SMILES string of the molecule is Cc1coc(CC(=O)O)c1C(=O)N1CCCC1(C)C. The summed E-state index contributed by atoms with van der Waals surface area (Å²) in [7, 11) is 0. The van der Waals surface area contributed by atoms with E-state index in [0.717, 1.165) is 12.8 Å². The molecule has 0 radical (unpaired) electrons. The third-order valence-corrected chi connectivity index (χ3v) is 3.72. The van der Waals surface area contributed by atoms with Crippen LogP contribution >= 0.6 is 0 Å². The van der Waals surface area contributed by atoms with Crippen LogP contribution in [0, 0.1) is 6.92 Å². The van der Waals surface area contributed by atoms with Crippen molar-refractivity contribution in [1.29, 1.82) is 0 Å². The number of rotatable bonds is 3. The molecule has 0 unspecified atom stereocenters. The van der Waals surface area contributed by atoms with E-state index < -0.39 is 5.97 Å². The minimum Gasteiger partial charge on any atom is -0.481 e. The van der Waals surface area contributed by atoms with E-state index in [-0.39, 0.29) is 23.6 Å². The molecule has 1 fully saturated rings. The van der Waals surface area contributed by atoms with Gasteiger partial charge < -0.3 is 14.4 Å². The summed E-state index contributed by atoms with van der Waals surface area (Å²) in [6.45, 7) is 6.54. The fourth-order valence-electron chi connectivity index (χ4n) is 2.67.